The van der Waals surface area contributed by atoms with Gasteiger partial charge in [-0.1, -0.05) is 70.0 Å². The van der Waals surface area contributed by atoms with Crippen LogP contribution in [0, 0.1) is 0 Å². The fourth-order valence-electron chi connectivity index (χ4n) is 3.74. The number of nitrogens with one attached hydrogen (secondary N) is 1. The van der Waals surface area contributed by atoms with Gasteiger partial charge < -0.3 is 4.98 Å². The standard InChI is InChI=1S/C23H16BrClN2/c24-16-8-11-18-20(12-16)26-21-13-19(14-6-9-17(25)10-7-14)22(27-23(18)21)15-4-2-1-3-5-15/h1-6,8-14,26H,7H2. The minimum absolute atomic E-state index is 0.262. The Balaban J connectivity index is 1.78. The van der Waals surface area contributed by atoms with E-state index in [2.05, 4.69) is 81.6 Å². The average Bonchev–Trinajstić information content (AvgIpc) is 3.04. The highest BCUT2D eigenvalue weighted by atomic mass is 79.9. The van der Waals surface area contributed by atoms with Crippen LogP contribution in [0.3, 0.4) is 0 Å². The van der Waals surface area contributed by atoms with E-state index in [0.29, 0.717) is 0 Å². The molecule has 132 valence electrons. The number of pyridine rings is 1. The third-order valence-electron chi connectivity index (χ3n) is 5.06. The Morgan fingerprint density at radius 1 is 1.04 bits per heavy atom. The average molecular weight is 436 g/mol. The smallest absolute Gasteiger partial charge is 0.0965 e. The third kappa shape index (κ3) is 3.01. The fraction of sp³-hybridized carbons (Fsp3) is 0.0870. The first-order chi connectivity index (χ1) is 13.2. The van der Waals surface area contributed by atoms with Crippen LogP contribution in [0.15, 0.2) is 82.3 Å². The molecule has 5 rings (SSSR count). The summed E-state index contributed by atoms with van der Waals surface area (Å²) in [5.41, 5.74) is 6.55. The van der Waals surface area contributed by atoms with Crippen LogP contribution in [0.5, 0.6) is 0 Å². The molecule has 2 aromatic heterocycles. The van der Waals surface area contributed by atoms with Crippen molar-refractivity contribution < 1.29 is 0 Å². The second-order valence-corrected chi connectivity index (χ2v) is 8.15. The lowest BCUT2D eigenvalue weighted by atomic mass is 9.89. The summed E-state index contributed by atoms with van der Waals surface area (Å²) in [6.07, 6.45) is 7.12. The number of nitrogens with zero attached hydrogens (tertiary/aromatic N) is 1. The third-order valence-corrected chi connectivity index (χ3v) is 5.83. The van der Waals surface area contributed by atoms with Crippen LogP contribution in [-0.2, 0) is 0 Å². The number of H-pyrrole nitrogens is 1. The van der Waals surface area contributed by atoms with E-state index in [1.54, 1.807) is 0 Å². The molecule has 0 aliphatic heterocycles. The number of aromatic amines is 1. The molecule has 1 aliphatic carbocycles. The van der Waals surface area contributed by atoms with Gasteiger partial charge in [-0.25, -0.2) is 4.98 Å². The van der Waals surface area contributed by atoms with Crippen molar-refractivity contribution >= 4 is 49.5 Å². The summed E-state index contributed by atoms with van der Waals surface area (Å²) in [6, 6.07) is 18.9. The molecule has 1 atom stereocenters. The number of aromatic nitrogens is 2. The summed E-state index contributed by atoms with van der Waals surface area (Å²) in [6.45, 7) is 0. The molecule has 0 bridgehead atoms. The van der Waals surface area contributed by atoms with Gasteiger partial charge in [0, 0.05) is 31.9 Å². The molecular formula is C23H16BrClN2. The van der Waals surface area contributed by atoms with Crippen molar-refractivity contribution in [2.75, 3.05) is 0 Å². The van der Waals surface area contributed by atoms with Crippen LogP contribution in [0.4, 0.5) is 0 Å². The molecule has 2 heterocycles. The fourth-order valence-corrected chi connectivity index (χ4v) is 4.26. The normalized spacial score (nSPS) is 16.8. The summed E-state index contributed by atoms with van der Waals surface area (Å²) < 4.78 is 1.06. The molecule has 4 heteroatoms. The number of hydrogen-bond acceptors (Lipinski definition) is 1. The second-order valence-electron chi connectivity index (χ2n) is 6.79. The maximum absolute atomic E-state index is 6.14. The van der Waals surface area contributed by atoms with Crippen LogP contribution >= 0.6 is 27.5 Å². The van der Waals surface area contributed by atoms with Gasteiger partial charge in [0.1, 0.15) is 0 Å². The number of rotatable bonds is 2. The van der Waals surface area contributed by atoms with Crippen molar-refractivity contribution in [3.05, 3.63) is 87.9 Å². The van der Waals surface area contributed by atoms with Gasteiger partial charge in [-0.05, 0) is 42.3 Å². The Bertz CT molecular complexity index is 1220. The van der Waals surface area contributed by atoms with Crippen LogP contribution in [-0.4, -0.2) is 9.97 Å². The van der Waals surface area contributed by atoms with Gasteiger partial charge in [0.05, 0.1) is 16.7 Å². The molecule has 0 fully saturated rings. The maximum atomic E-state index is 6.14. The number of fused-ring (bicyclic) bond motifs is 3. The van der Waals surface area contributed by atoms with Crippen molar-refractivity contribution in [1.82, 2.24) is 9.97 Å². The number of allylic oxidation sites excluding steroid dienone is 4. The van der Waals surface area contributed by atoms with Gasteiger partial charge in [-0.2, -0.15) is 0 Å². The monoisotopic (exact) mass is 434 g/mol. The summed E-state index contributed by atoms with van der Waals surface area (Å²) in [4.78, 5) is 8.65. The molecule has 2 aromatic carbocycles. The number of halogens is 2. The molecule has 4 aromatic rings. The van der Waals surface area contributed by atoms with E-state index >= 15 is 0 Å². The Kier molecular flexibility index (Phi) is 4.14. The van der Waals surface area contributed by atoms with Crippen LogP contribution in [0.25, 0.3) is 33.2 Å². The van der Waals surface area contributed by atoms with Crippen LogP contribution in [0.2, 0.25) is 0 Å². The summed E-state index contributed by atoms with van der Waals surface area (Å²) in [7, 11) is 0. The minimum Gasteiger partial charge on any atom is -0.353 e. The maximum Gasteiger partial charge on any atom is 0.0965 e. The lowest BCUT2D eigenvalue weighted by Crippen LogP contribution is -2.02. The lowest BCUT2D eigenvalue weighted by Gasteiger charge is -2.18. The van der Waals surface area contributed by atoms with Gasteiger partial charge in [-0.15, -0.1) is 0 Å². The van der Waals surface area contributed by atoms with Crippen LogP contribution < -0.4 is 0 Å². The molecule has 0 saturated heterocycles. The highest BCUT2D eigenvalue weighted by Crippen LogP contribution is 2.37. The van der Waals surface area contributed by atoms with Crippen molar-refractivity contribution in [3.8, 4) is 11.3 Å². The number of benzene rings is 2. The molecule has 1 unspecified atom stereocenters. The van der Waals surface area contributed by atoms with Gasteiger partial charge in [0.15, 0.2) is 0 Å². The van der Waals surface area contributed by atoms with Crippen molar-refractivity contribution in [1.29, 1.82) is 0 Å². The molecule has 1 aliphatic rings. The highest BCUT2D eigenvalue weighted by Gasteiger charge is 2.19. The molecule has 0 radical (unpaired) electrons. The lowest BCUT2D eigenvalue weighted by molar-refractivity contribution is 0.850. The predicted molar refractivity (Wildman–Crippen MR) is 117 cm³/mol. The zero-order chi connectivity index (χ0) is 18.4. The van der Waals surface area contributed by atoms with Gasteiger partial charge in [0.2, 0.25) is 0 Å². The largest absolute Gasteiger partial charge is 0.353 e. The zero-order valence-corrected chi connectivity index (χ0v) is 16.8. The Morgan fingerprint density at radius 2 is 1.89 bits per heavy atom. The molecule has 0 amide bonds. The quantitative estimate of drug-likeness (QED) is 0.351. The van der Waals surface area contributed by atoms with E-state index < -0.39 is 0 Å². The first kappa shape index (κ1) is 16.8. The summed E-state index contributed by atoms with van der Waals surface area (Å²) >= 11 is 9.69. The molecule has 1 N–H and O–H groups in total. The molecule has 0 spiro atoms. The Morgan fingerprint density at radius 3 is 2.67 bits per heavy atom. The predicted octanol–water partition coefficient (Wildman–Crippen LogP) is 7.31. The van der Waals surface area contributed by atoms with Gasteiger partial charge in [0.25, 0.3) is 0 Å². The van der Waals surface area contributed by atoms with E-state index in [4.69, 9.17) is 16.6 Å². The van der Waals surface area contributed by atoms with E-state index in [0.717, 1.165) is 49.1 Å². The van der Waals surface area contributed by atoms with E-state index in [9.17, 15) is 0 Å². The van der Waals surface area contributed by atoms with Gasteiger partial charge in [-0.3, -0.25) is 0 Å². The molecule has 0 saturated carbocycles. The topological polar surface area (TPSA) is 28.7 Å². The van der Waals surface area contributed by atoms with Crippen LogP contribution in [0.1, 0.15) is 17.9 Å². The van der Waals surface area contributed by atoms with Crippen molar-refractivity contribution in [3.63, 3.8) is 0 Å². The number of hydrogen-bond donors (Lipinski definition) is 1. The molecular weight excluding hydrogens is 420 g/mol. The minimum atomic E-state index is 0.262. The van der Waals surface area contributed by atoms with E-state index in [1.165, 1.54) is 5.56 Å². The van der Waals surface area contributed by atoms with Crippen molar-refractivity contribution in [2.45, 2.75) is 12.3 Å². The first-order valence-corrected chi connectivity index (χ1v) is 10.1. The Labute approximate surface area is 170 Å². The van der Waals surface area contributed by atoms with Gasteiger partial charge >= 0.3 is 0 Å². The zero-order valence-electron chi connectivity index (χ0n) is 14.4. The first-order valence-electron chi connectivity index (χ1n) is 8.90. The summed E-state index contributed by atoms with van der Waals surface area (Å²) in [5, 5.41) is 1.94. The molecule has 2 nitrogen and oxygen atoms in total. The Hall–Kier alpha value is -2.36. The van der Waals surface area contributed by atoms with E-state index in [1.807, 2.05) is 12.1 Å². The summed E-state index contributed by atoms with van der Waals surface area (Å²) in [5.74, 6) is 0.262. The van der Waals surface area contributed by atoms with Crippen molar-refractivity contribution in [2.24, 2.45) is 0 Å². The SMILES string of the molecule is ClC1=CCC(c2cc3[nH]c4cc(Br)ccc4c3nc2-c2ccccc2)C=C1. The van der Waals surface area contributed by atoms with E-state index in [-0.39, 0.29) is 5.92 Å². The second kappa shape index (κ2) is 6.66. The highest BCUT2D eigenvalue weighted by molar-refractivity contribution is 9.10. The molecule has 27 heavy (non-hydrogen) atoms.